The zero-order valence-corrected chi connectivity index (χ0v) is 16.6. The van der Waals surface area contributed by atoms with Gasteiger partial charge in [0, 0.05) is 18.5 Å². The first-order valence-electron chi connectivity index (χ1n) is 8.93. The molecule has 1 aliphatic heterocycles. The molecule has 1 heterocycles. The number of carboxylic acids is 1. The quantitative estimate of drug-likeness (QED) is 0.699. The predicted molar refractivity (Wildman–Crippen MR) is 93.9 cm³/mol. The lowest BCUT2D eigenvalue weighted by atomic mass is 9.80. The molecular weight excluding hydrogens is 356 g/mol. The second kappa shape index (κ2) is 6.69. The van der Waals surface area contributed by atoms with E-state index in [9.17, 15) is 24.3 Å². The molecule has 0 spiro atoms. The molecule has 0 aromatic rings. The molecule has 1 aliphatic carbocycles. The number of alkyl carbamates (subject to hydrolysis) is 1. The molecule has 9 nitrogen and oxygen atoms in total. The number of carbonyl (C=O) groups excluding carboxylic acids is 3. The minimum atomic E-state index is -1.74. The fourth-order valence-electron chi connectivity index (χ4n) is 3.63. The van der Waals surface area contributed by atoms with Gasteiger partial charge in [0.05, 0.1) is 0 Å². The topological polar surface area (TPSA) is 122 Å². The van der Waals surface area contributed by atoms with E-state index in [2.05, 4.69) is 5.32 Å². The molecule has 2 aliphatic rings. The third kappa shape index (κ3) is 4.33. The Bertz CT molecular complexity index is 662. The average molecular weight is 384 g/mol. The molecule has 1 saturated carbocycles. The number of hydrogen-bond donors (Lipinski definition) is 2. The maximum Gasteiger partial charge on any atom is 0.417 e. The van der Waals surface area contributed by atoms with Crippen LogP contribution >= 0.6 is 0 Å². The molecule has 0 unspecified atom stereocenters. The Balaban J connectivity index is 2.14. The number of carbonyl (C=O) groups is 4. The van der Waals surface area contributed by atoms with Gasteiger partial charge in [-0.25, -0.2) is 14.5 Å². The molecule has 0 radical (unpaired) electrons. The number of likely N-dealkylation sites (tertiary alicyclic amines) is 1. The summed E-state index contributed by atoms with van der Waals surface area (Å²) in [5, 5.41) is 12.4. The highest BCUT2D eigenvalue weighted by Crippen LogP contribution is 2.50. The van der Waals surface area contributed by atoms with Crippen molar-refractivity contribution in [2.45, 2.75) is 71.6 Å². The fourth-order valence-corrected chi connectivity index (χ4v) is 3.63. The van der Waals surface area contributed by atoms with E-state index in [1.807, 2.05) is 0 Å². The summed E-state index contributed by atoms with van der Waals surface area (Å²) in [7, 11) is 0. The van der Waals surface area contributed by atoms with Crippen LogP contribution in [0.25, 0.3) is 0 Å². The highest BCUT2D eigenvalue weighted by atomic mass is 16.6. The third-order valence-electron chi connectivity index (χ3n) is 4.58. The van der Waals surface area contributed by atoms with Crippen LogP contribution in [0.4, 0.5) is 9.59 Å². The lowest BCUT2D eigenvalue weighted by Crippen LogP contribution is -2.46. The second-order valence-electron chi connectivity index (χ2n) is 9.15. The Kier molecular flexibility index (Phi) is 5.20. The molecule has 152 valence electrons. The van der Waals surface area contributed by atoms with Crippen molar-refractivity contribution in [1.29, 1.82) is 0 Å². The summed E-state index contributed by atoms with van der Waals surface area (Å²) in [6.45, 7) is 10.1. The summed E-state index contributed by atoms with van der Waals surface area (Å²) < 4.78 is 10.4. The number of aliphatic carboxylic acids is 1. The highest BCUT2D eigenvalue weighted by Gasteiger charge is 2.65. The summed E-state index contributed by atoms with van der Waals surface area (Å²) in [5.41, 5.74) is -3.23. The highest BCUT2D eigenvalue weighted by molar-refractivity contribution is 6.09. The third-order valence-corrected chi connectivity index (χ3v) is 4.58. The SMILES string of the molecule is CC(C)(C)OC(=O)N[C@@H]1C[C@H]2CN(C(=O)OC(C)(C)C)C(=O)[C@@]2(C(=O)O)C1. The van der Waals surface area contributed by atoms with Crippen molar-refractivity contribution in [3.63, 3.8) is 0 Å². The number of nitrogens with zero attached hydrogens (tertiary/aromatic N) is 1. The molecule has 3 atom stereocenters. The van der Waals surface area contributed by atoms with Crippen molar-refractivity contribution in [2.75, 3.05) is 6.54 Å². The first-order valence-corrected chi connectivity index (χ1v) is 8.93. The van der Waals surface area contributed by atoms with E-state index in [1.54, 1.807) is 41.5 Å². The molecule has 9 heteroatoms. The maximum absolute atomic E-state index is 12.8. The first-order chi connectivity index (χ1) is 12.2. The zero-order valence-electron chi connectivity index (χ0n) is 16.6. The van der Waals surface area contributed by atoms with Crippen LogP contribution in [0.15, 0.2) is 0 Å². The van der Waals surface area contributed by atoms with Gasteiger partial charge in [0.25, 0.3) is 0 Å². The number of fused-ring (bicyclic) bond motifs is 1. The summed E-state index contributed by atoms with van der Waals surface area (Å²) >= 11 is 0. The second-order valence-corrected chi connectivity index (χ2v) is 9.15. The molecule has 2 N–H and O–H groups in total. The summed E-state index contributed by atoms with van der Waals surface area (Å²) in [4.78, 5) is 49.9. The number of hydrogen-bond acceptors (Lipinski definition) is 6. The molecule has 2 fully saturated rings. The summed E-state index contributed by atoms with van der Waals surface area (Å²) in [6, 6.07) is -0.523. The molecule has 3 amide bonds. The van der Waals surface area contributed by atoms with Gasteiger partial charge in [0.2, 0.25) is 5.91 Å². The van der Waals surface area contributed by atoms with Gasteiger partial charge in [0.15, 0.2) is 5.41 Å². The van der Waals surface area contributed by atoms with Gasteiger partial charge in [-0.2, -0.15) is 0 Å². The number of imide groups is 1. The van der Waals surface area contributed by atoms with Gasteiger partial charge in [-0.3, -0.25) is 9.59 Å². The predicted octanol–water partition coefficient (Wildman–Crippen LogP) is 2.14. The fraction of sp³-hybridized carbons (Fsp3) is 0.778. The van der Waals surface area contributed by atoms with Gasteiger partial charge in [-0.1, -0.05) is 0 Å². The molecule has 0 aromatic carbocycles. The smallest absolute Gasteiger partial charge is 0.417 e. The number of ether oxygens (including phenoxy) is 2. The van der Waals surface area contributed by atoms with Gasteiger partial charge in [0.1, 0.15) is 11.2 Å². The van der Waals surface area contributed by atoms with Crippen LogP contribution in [0.5, 0.6) is 0 Å². The van der Waals surface area contributed by atoms with Crippen molar-refractivity contribution in [1.82, 2.24) is 10.2 Å². The lowest BCUT2D eigenvalue weighted by Gasteiger charge is -2.26. The van der Waals surface area contributed by atoms with Crippen LogP contribution in [0.3, 0.4) is 0 Å². The Morgan fingerprint density at radius 3 is 2.11 bits per heavy atom. The Morgan fingerprint density at radius 1 is 1.11 bits per heavy atom. The van der Waals surface area contributed by atoms with Gasteiger partial charge in [-0.05, 0) is 54.4 Å². The average Bonchev–Trinajstić information content (AvgIpc) is 2.90. The standard InChI is InChI=1S/C18H28N2O7/c1-16(2,3)26-14(24)19-11-7-10-9-20(15(25)27-17(4,5)6)12(21)18(10,8-11)13(22)23/h10-11H,7-9H2,1-6H3,(H,19,24)(H,22,23)/t10-,11+,18+/m0/s1. The van der Waals surface area contributed by atoms with Crippen LogP contribution in [-0.4, -0.2) is 57.9 Å². The molecule has 0 aromatic heterocycles. The van der Waals surface area contributed by atoms with E-state index in [0.717, 1.165) is 4.90 Å². The van der Waals surface area contributed by atoms with Crippen LogP contribution < -0.4 is 5.32 Å². The van der Waals surface area contributed by atoms with Crippen molar-refractivity contribution in [2.24, 2.45) is 11.3 Å². The molecule has 27 heavy (non-hydrogen) atoms. The summed E-state index contributed by atoms with van der Waals surface area (Å²) in [6.07, 6.45) is -1.34. The minimum Gasteiger partial charge on any atom is -0.480 e. The minimum absolute atomic E-state index is 0.0491. The summed E-state index contributed by atoms with van der Waals surface area (Å²) in [5.74, 6) is -2.69. The van der Waals surface area contributed by atoms with Crippen LogP contribution in [0.1, 0.15) is 54.4 Å². The molecule has 2 rings (SSSR count). The van der Waals surface area contributed by atoms with Crippen molar-refractivity contribution < 1.29 is 33.8 Å². The van der Waals surface area contributed by atoms with Crippen LogP contribution in [0, 0.1) is 11.3 Å². The van der Waals surface area contributed by atoms with Crippen molar-refractivity contribution in [3.05, 3.63) is 0 Å². The van der Waals surface area contributed by atoms with Crippen LogP contribution in [0.2, 0.25) is 0 Å². The number of rotatable bonds is 2. The van der Waals surface area contributed by atoms with Crippen molar-refractivity contribution >= 4 is 24.1 Å². The Labute approximate surface area is 158 Å². The van der Waals surface area contributed by atoms with E-state index < -0.39 is 52.6 Å². The van der Waals surface area contributed by atoms with E-state index in [0.29, 0.717) is 0 Å². The maximum atomic E-state index is 12.8. The molecular formula is C18H28N2O7. The first kappa shape index (κ1) is 21.0. The van der Waals surface area contributed by atoms with Gasteiger partial charge >= 0.3 is 18.2 Å². The Morgan fingerprint density at radius 2 is 1.67 bits per heavy atom. The number of amides is 3. The van der Waals surface area contributed by atoms with Crippen LogP contribution in [-0.2, 0) is 19.1 Å². The Hall–Kier alpha value is -2.32. The monoisotopic (exact) mass is 384 g/mol. The van der Waals surface area contributed by atoms with Gasteiger partial charge in [-0.15, -0.1) is 0 Å². The van der Waals surface area contributed by atoms with Crippen molar-refractivity contribution in [3.8, 4) is 0 Å². The molecule has 0 bridgehead atoms. The lowest BCUT2D eigenvalue weighted by molar-refractivity contribution is -0.157. The van der Waals surface area contributed by atoms with Gasteiger partial charge < -0.3 is 19.9 Å². The van der Waals surface area contributed by atoms with E-state index in [1.165, 1.54) is 0 Å². The van der Waals surface area contributed by atoms with E-state index in [4.69, 9.17) is 9.47 Å². The van der Waals surface area contributed by atoms with E-state index >= 15 is 0 Å². The molecule has 1 saturated heterocycles. The number of nitrogens with one attached hydrogen (secondary N) is 1. The van der Waals surface area contributed by atoms with E-state index in [-0.39, 0.29) is 19.4 Å². The number of carboxylic acid groups (broad SMARTS) is 1. The largest absolute Gasteiger partial charge is 0.480 e. The normalized spacial score (nSPS) is 27.9. The zero-order chi connectivity index (χ0) is 20.8.